The van der Waals surface area contributed by atoms with E-state index in [2.05, 4.69) is 15.9 Å². The van der Waals surface area contributed by atoms with Gasteiger partial charge in [0.2, 0.25) is 0 Å². The van der Waals surface area contributed by atoms with Crippen molar-refractivity contribution < 1.29 is 23.8 Å². The third-order valence-electron chi connectivity index (χ3n) is 4.30. The highest BCUT2D eigenvalue weighted by atomic mass is 79.9. The molecular formula is C24H19BrO5. The smallest absolute Gasteiger partial charge is 0.344 e. The Morgan fingerprint density at radius 1 is 0.833 bits per heavy atom. The number of hydrogen-bond acceptors (Lipinski definition) is 5. The van der Waals surface area contributed by atoms with Crippen LogP contribution < -0.4 is 14.2 Å². The number of hydrogen-bond donors (Lipinski definition) is 0. The average molecular weight is 467 g/mol. The third-order valence-corrected chi connectivity index (χ3v) is 5.00. The second-order valence-corrected chi connectivity index (χ2v) is 7.03. The predicted molar refractivity (Wildman–Crippen MR) is 118 cm³/mol. The minimum Gasteiger partial charge on any atom is -0.497 e. The first kappa shape index (κ1) is 21.3. The molecule has 0 fully saturated rings. The second kappa shape index (κ2) is 9.89. The van der Waals surface area contributed by atoms with Crippen LogP contribution in [0.25, 0.3) is 6.08 Å². The maximum Gasteiger partial charge on any atom is 0.344 e. The van der Waals surface area contributed by atoms with Crippen molar-refractivity contribution in [3.8, 4) is 17.2 Å². The molecule has 0 aliphatic rings. The topological polar surface area (TPSA) is 61.8 Å². The van der Waals surface area contributed by atoms with Gasteiger partial charge in [0.15, 0.2) is 5.78 Å². The Bertz CT molecular complexity index is 1100. The fourth-order valence-electron chi connectivity index (χ4n) is 2.75. The molecule has 3 aromatic carbocycles. The summed E-state index contributed by atoms with van der Waals surface area (Å²) in [5.74, 6) is 0.617. The number of esters is 1. The van der Waals surface area contributed by atoms with Crippen molar-refractivity contribution in [1.29, 1.82) is 0 Å². The number of carbonyl (C=O) groups is 2. The van der Waals surface area contributed by atoms with E-state index < -0.39 is 5.97 Å². The molecule has 0 atom stereocenters. The summed E-state index contributed by atoms with van der Waals surface area (Å²) in [6, 6.07) is 19.0. The number of rotatable bonds is 7. The van der Waals surface area contributed by atoms with E-state index in [1.165, 1.54) is 13.2 Å². The molecule has 0 spiro atoms. The van der Waals surface area contributed by atoms with E-state index in [-0.39, 0.29) is 5.78 Å². The molecule has 0 aliphatic carbocycles. The van der Waals surface area contributed by atoms with Crippen LogP contribution >= 0.6 is 15.9 Å². The van der Waals surface area contributed by atoms with E-state index in [4.69, 9.17) is 14.2 Å². The van der Waals surface area contributed by atoms with Gasteiger partial charge in [-0.25, -0.2) is 4.79 Å². The summed E-state index contributed by atoms with van der Waals surface area (Å²) >= 11 is 3.35. The van der Waals surface area contributed by atoms with Gasteiger partial charge in [0.05, 0.1) is 25.3 Å². The van der Waals surface area contributed by atoms with E-state index >= 15 is 0 Å². The molecule has 0 amide bonds. The van der Waals surface area contributed by atoms with E-state index in [1.807, 2.05) is 6.07 Å². The minimum atomic E-state index is -0.494. The molecule has 0 aromatic heterocycles. The summed E-state index contributed by atoms with van der Waals surface area (Å²) in [5, 5.41) is 0. The molecule has 0 radical (unpaired) electrons. The van der Waals surface area contributed by atoms with Gasteiger partial charge in [0.1, 0.15) is 17.2 Å². The molecule has 6 heteroatoms. The molecule has 152 valence electrons. The summed E-state index contributed by atoms with van der Waals surface area (Å²) < 4.78 is 16.6. The summed E-state index contributed by atoms with van der Waals surface area (Å²) in [4.78, 5) is 25.2. The maximum absolute atomic E-state index is 12.7. The zero-order valence-corrected chi connectivity index (χ0v) is 18.0. The van der Waals surface area contributed by atoms with E-state index in [0.29, 0.717) is 38.4 Å². The molecule has 30 heavy (non-hydrogen) atoms. The normalized spacial score (nSPS) is 10.6. The lowest BCUT2D eigenvalue weighted by Crippen LogP contribution is -2.10. The van der Waals surface area contributed by atoms with Gasteiger partial charge in [0.25, 0.3) is 0 Å². The Morgan fingerprint density at radius 2 is 1.57 bits per heavy atom. The first-order valence-corrected chi connectivity index (χ1v) is 9.83. The molecule has 0 heterocycles. The van der Waals surface area contributed by atoms with Gasteiger partial charge in [-0.3, -0.25) is 4.79 Å². The Labute approximate surface area is 183 Å². The number of ether oxygens (including phenoxy) is 3. The number of para-hydroxylation sites is 1. The Morgan fingerprint density at radius 3 is 2.30 bits per heavy atom. The summed E-state index contributed by atoms with van der Waals surface area (Å²) in [7, 11) is 3.04. The quantitative estimate of drug-likeness (QED) is 0.197. The van der Waals surface area contributed by atoms with Crippen LogP contribution in [0, 0.1) is 0 Å². The molecule has 0 unspecified atom stereocenters. The molecular weight excluding hydrogens is 448 g/mol. The highest BCUT2D eigenvalue weighted by molar-refractivity contribution is 9.10. The van der Waals surface area contributed by atoms with Crippen molar-refractivity contribution >= 4 is 33.8 Å². The Hall–Kier alpha value is -3.38. The van der Waals surface area contributed by atoms with Crippen LogP contribution in [0.15, 0.2) is 77.3 Å². The summed E-state index contributed by atoms with van der Waals surface area (Å²) in [6.45, 7) is 0. The van der Waals surface area contributed by atoms with E-state index in [0.717, 1.165) is 0 Å². The van der Waals surface area contributed by atoms with Crippen LogP contribution in [0.1, 0.15) is 26.3 Å². The number of ketones is 1. The second-order valence-electron chi connectivity index (χ2n) is 6.17. The molecule has 0 aliphatic heterocycles. The SMILES string of the molecule is COc1ccc(C(=O)C=Cc2ccccc2OC(=O)c2ccccc2Br)c(OC)c1. The van der Waals surface area contributed by atoms with Crippen LogP contribution in [0.2, 0.25) is 0 Å². The van der Waals surface area contributed by atoms with Crippen molar-refractivity contribution in [3.05, 3.63) is 94.0 Å². The van der Waals surface area contributed by atoms with Gasteiger partial charge < -0.3 is 14.2 Å². The van der Waals surface area contributed by atoms with Crippen LogP contribution in [-0.2, 0) is 0 Å². The van der Waals surface area contributed by atoms with Crippen molar-refractivity contribution in [2.75, 3.05) is 14.2 Å². The molecule has 3 rings (SSSR count). The monoisotopic (exact) mass is 466 g/mol. The number of benzene rings is 3. The van der Waals surface area contributed by atoms with Gasteiger partial charge in [0, 0.05) is 16.1 Å². The Kier molecular flexibility index (Phi) is 7.03. The largest absolute Gasteiger partial charge is 0.497 e. The van der Waals surface area contributed by atoms with Crippen LogP contribution in [-0.4, -0.2) is 26.0 Å². The minimum absolute atomic E-state index is 0.249. The first-order valence-electron chi connectivity index (χ1n) is 9.03. The van der Waals surface area contributed by atoms with Gasteiger partial charge in [-0.2, -0.15) is 0 Å². The zero-order valence-electron chi connectivity index (χ0n) is 16.4. The van der Waals surface area contributed by atoms with Crippen molar-refractivity contribution in [1.82, 2.24) is 0 Å². The maximum atomic E-state index is 12.7. The fourth-order valence-corrected chi connectivity index (χ4v) is 3.20. The van der Waals surface area contributed by atoms with Crippen molar-refractivity contribution in [2.45, 2.75) is 0 Å². The van der Waals surface area contributed by atoms with Crippen LogP contribution in [0.4, 0.5) is 0 Å². The van der Waals surface area contributed by atoms with Crippen LogP contribution in [0.3, 0.4) is 0 Å². The highest BCUT2D eigenvalue weighted by Gasteiger charge is 2.14. The molecule has 0 N–H and O–H groups in total. The summed E-state index contributed by atoms with van der Waals surface area (Å²) in [5.41, 5.74) is 1.41. The van der Waals surface area contributed by atoms with Gasteiger partial charge in [-0.15, -0.1) is 0 Å². The zero-order chi connectivity index (χ0) is 21.5. The van der Waals surface area contributed by atoms with Gasteiger partial charge in [-0.05, 0) is 58.4 Å². The lowest BCUT2D eigenvalue weighted by atomic mass is 10.1. The number of carbonyl (C=O) groups excluding carboxylic acids is 2. The van der Waals surface area contributed by atoms with Gasteiger partial charge >= 0.3 is 5.97 Å². The molecule has 3 aromatic rings. The summed E-state index contributed by atoms with van der Waals surface area (Å²) in [6.07, 6.45) is 3.02. The predicted octanol–water partition coefficient (Wildman–Crippen LogP) is 5.58. The molecule has 0 saturated heterocycles. The van der Waals surface area contributed by atoms with Crippen LogP contribution in [0.5, 0.6) is 17.2 Å². The average Bonchev–Trinajstić information content (AvgIpc) is 2.78. The standard InChI is InChI=1S/C24H19BrO5/c1-28-17-12-13-19(23(15-17)29-2)21(26)14-11-16-7-3-6-10-22(16)30-24(27)18-8-4-5-9-20(18)25/h3-15H,1-2H3. The third kappa shape index (κ3) is 4.96. The van der Waals surface area contributed by atoms with Crippen molar-refractivity contribution in [3.63, 3.8) is 0 Å². The van der Waals surface area contributed by atoms with E-state index in [9.17, 15) is 9.59 Å². The molecule has 5 nitrogen and oxygen atoms in total. The number of methoxy groups -OCH3 is 2. The highest BCUT2D eigenvalue weighted by Crippen LogP contribution is 2.27. The molecule has 0 saturated carbocycles. The lowest BCUT2D eigenvalue weighted by molar-refractivity contribution is 0.0733. The first-order chi connectivity index (χ1) is 14.5. The lowest BCUT2D eigenvalue weighted by Gasteiger charge is -2.09. The van der Waals surface area contributed by atoms with E-state index in [1.54, 1.807) is 73.8 Å². The van der Waals surface area contributed by atoms with Crippen molar-refractivity contribution in [2.24, 2.45) is 0 Å². The fraction of sp³-hybridized carbons (Fsp3) is 0.0833. The Balaban J connectivity index is 1.83. The molecule has 0 bridgehead atoms. The number of halogens is 1. The van der Waals surface area contributed by atoms with Gasteiger partial charge in [-0.1, -0.05) is 30.3 Å². The number of allylic oxidation sites excluding steroid dienone is 1.